The zero-order chi connectivity index (χ0) is 21.7. The molecule has 0 aromatic heterocycles. The molecular formula is C23H45N5O2. The summed E-state index contributed by atoms with van der Waals surface area (Å²) in [5.74, 6) is 1.05. The molecule has 30 heavy (non-hydrogen) atoms. The second-order valence-corrected chi connectivity index (χ2v) is 8.83. The summed E-state index contributed by atoms with van der Waals surface area (Å²) in [6.45, 7) is 11.9. The van der Waals surface area contributed by atoms with Crippen molar-refractivity contribution >= 4 is 11.9 Å². The molecule has 0 radical (unpaired) electrons. The van der Waals surface area contributed by atoms with Crippen molar-refractivity contribution in [2.75, 3.05) is 45.9 Å². The summed E-state index contributed by atoms with van der Waals surface area (Å²) >= 11 is 0. The SMILES string of the molecule is CCCNC(=O)CN1CCC(NC(=NCC2(OCCC)CCCCC2)NCC)CC1. The van der Waals surface area contributed by atoms with Crippen LogP contribution in [0.3, 0.4) is 0 Å². The van der Waals surface area contributed by atoms with Gasteiger partial charge in [-0.25, -0.2) is 0 Å². The van der Waals surface area contributed by atoms with Gasteiger partial charge in [0.05, 0.1) is 18.7 Å². The Balaban J connectivity index is 1.84. The van der Waals surface area contributed by atoms with Crippen molar-refractivity contribution < 1.29 is 9.53 Å². The first-order valence-corrected chi connectivity index (χ1v) is 12.3. The van der Waals surface area contributed by atoms with E-state index in [2.05, 4.69) is 41.6 Å². The van der Waals surface area contributed by atoms with Crippen LogP contribution in [-0.2, 0) is 9.53 Å². The van der Waals surface area contributed by atoms with E-state index in [0.29, 0.717) is 12.6 Å². The van der Waals surface area contributed by atoms with Crippen molar-refractivity contribution in [1.82, 2.24) is 20.9 Å². The maximum Gasteiger partial charge on any atom is 0.234 e. The lowest BCUT2D eigenvalue weighted by Gasteiger charge is -2.36. The molecule has 2 rings (SSSR count). The lowest BCUT2D eigenvalue weighted by Crippen LogP contribution is -2.50. The van der Waals surface area contributed by atoms with Crippen LogP contribution in [0.15, 0.2) is 4.99 Å². The normalized spacial score (nSPS) is 20.7. The number of rotatable bonds is 11. The Morgan fingerprint density at radius 1 is 1.07 bits per heavy atom. The van der Waals surface area contributed by atoms with Crippen molar-refractivity contribution in [2.45, 2.75) is 90.2 Å². The van der Waals surface area contributed by atoms with E-state index < -0.39 is 0 Å². The van der Waals surface area contributed by atoms with Gasteiger partial charge in [0.15, 0.2) is 5.96 Å². The second-order valence-electron chi connectivity index (χ2n) is 8.83. The van der Waals surface area contributed by atoms with Gasteiger partial charge >= 0.3 is 0 Å². The summed E-state index contributed by atoms with van der Waals surface area (Å²) in [5.41, 5.74) is -0.0776. The Morgan fingerprint density at radius 3 is 2.43 bits per heavy atom. The molecule has 3 N–H and O–H groups in total. The largest absolute Gasteiger partial charge is 0.373 e. The number of hydrogen-bond acceptors (Lipinski definition) is 4. The van der Waals surface area contributed by atoms with Gasteiger partial charge in [0.25, 0.3) is 0 Å². The molecule has 0 bridgehead atoms. The van der Waals surface area contributed by atoms with Crippen molar-refractivity contribution in [3.63, 3.8) is 0 Å². The van der Waals surface area contributed by atoms with Gasteiger partial charge in [0.2, 0.25) is 5.91 Å². The summed E-state index contributed by atoms with van der Waals surface area (Å²) < 4.78 is 6.31. The third kappa shape index (κ3) is 8.80. The minimum atomic E-state index is -0.0776. The second kappa shape index (κ2) is 13.9. The third-order valence-electron chi connectivity index (χ3n) is 6.11. The molecule has 1 heterocycles. The van der Waals surface area contributed by atoms with Crippen LogP contribution in [0.4, 0.5) is 0 Å². The molecule has 0 spiro atoms. The number of aliphatic imine (C=N–C) groups is 1. The van der Waals surface area contributed by atoms with Crippen LogP contribution in [0.25, 0.3) is 0 Å². The monoisotopic (exact) mass is 423 g/mol. The zero-order valence-corrected chi connectivity index (χ0v) is 19.6. The number of ether oxygens (including phenoxy) is 1. The smallest absolute Gasteiger partial charge is 0.234 e. The highest BCUT2D eigenvalue weighted by atomic mass is 16.5. The molecule has 1 aliphatic carbocycles. The number of carbonyl (C=O) groups excluding carboxylic acids is 1. The maximum atomic E-state index is 11.9. The Kier molecular flexibility index (Phi) is 11.5. The maximum absolute atomic E-state index is 11.9. The number of hydrogen-bond donors (Lipinski definition) is 3. The van der Waals surface area contributed by atoms with Crippen LogP contribution in [0, 0.1) is 0 Å². The molecule has 1 amide bonds. The number of likely N-dealkylation sites (tertiary alicyclic amines) is 1. The number of nitrogens with zero attached hydrogens (tertiary/aromatic N) is 2. The summed E-state index contributed by atoms with van der Waals surface area (Å²) in [5, 5.41) is 10.0. The first-order valence-electron chi connectivity index (χ1n) is 12.3. The molecule has 2 aliphatic rings. The van der Waals surface area contributed by atoms with Crippen LogP contribution < -0.4 is 16.0 Å². The van der Waals surface area contributed by atoms with Crippen molar-refractivity contribution in [3.05, 3.63) is 0 Å². The molecule has 1 aliphatic heterocycles. The summed E-state index contributed by atoms with van der Waals surface area (Å²) in [4.78, 5) is 19.1. The molecule has 1 saturated carbocycles. The Bertz CT molecular complexity index is 512. The molecule has 0 aromatic rings. The molecule has 0 aromatic carbocycles. The van der Waals surface area contributed by atoms with Crippen LogP contribution in [0.1, 0.15) is 78.6 Å². The summed E-state index contributed by atoms with van der Waals surface area (Å²) in [6.07, 6.45) is 10.1. The molecule has 174 valence electrons. The highest BCUT2D eigenvalue weighted by Crippen LogP contribution is 2.32. The predicted octanol–water partition coefficient (Wildman–Crippen LogP) is 2.66. The number of carbonyl (C=O) groups is 1. The van der Waals surface area contributed by atoms with E-state index in [0.717, 1.165) is 83.8 Å². The van der Waals surface area contributed by atoms with E-state index in [9.17, 15) is 4.79 Å². The number of piperidine rings is 1. The van der Waals surface area contributed by atoms with E-state index in [1.807, 2.05) is 0 Å². The minimum absolute atomic E-state index is 0.0776. The Hall–Kier alpha value is -1.34. The quantitative estimate of drug-likeness (QED) is 0.352. The standard InChI is InChI=1S/C23H45N5O2/c1-4-14-25-21(29)18-28-15-10-20(11-16-28)27-22(24-6-3)26-19-23(30-17-5-2)12-8-7-9-13-23/h20H,4-19H2,1-3H3,(H,25,29)(H2,24,26,27). The Morgan fingerprint density at radius 2 is 1.80 bits per heavy atom. The summed E-state index contributed by atoms with van der Waals surface area (Å²) in [7, 11) is 0. The predicted molar refractivity (Wildman–Crippen MR) is 124 cm³/mol. The average Bonchev–Trinajstić information content (AvgIpc) is 2.77. The molecule has 7 heteroatoms. The molecular weight excluding hydrogens is 378 g/mol. The van der Waals surface area contributed by atoms with E-state index >= 15 is 0 Å². The number of amides is 1. The van der Waals surface area contributed by atoms with Crippen molar-refractivity contribution in [3.8, 4) is 0 Å². The Labute approximate surface area is 183 Å². The van der Waals surface area contributed by atoms with Gasteiger partial charge in [-0.3, -0.25) is 14.7 Å². The van der Waals surface area contributed by atoms with Gasteiger partial charge in [0.1, 0.15) is 0 Å². The lowest BCUT2D eigenvalue weighted by atomic mass is 9.84. The first kappa shape index (κ1) is 24.9. The van der Waals surface area contributed by atoms with E-state index in [1.54, 1.807) is 0 Å². The van der Waals surface area contributed by atoms with Crippen LogP contribution in [0.5, 0.6) is 0 Å². The highest BCUT2D eigenvalue weighted by molar-refractivity contribution is 5.80. The van der Waals surface area contributed by atoms with Gasteiger partial charge < -0.3 is 20.7 Å². The topological polar surface area (TPSA) is 78.0 Å². The fourth-order valence-electron chi connectivity index (χ4n) is 4.36. The van der Waals surface area contributed by atoms with Crippen LogP contribution in [-0.4, -0.2) is 74.3 Å². The average molecular weight is 424 g/mol. The van der Waals surface area contributed by atoms with Crippen LogP contribution >= 0.6 is 0 Å². The summed E-state index contributed by atoms with van der Waals surface area (Å²) in [6, 6.07) is 0.400. The van der Waals surface area contributed by atoms with Gasteiger partial charge in [-0.05, 0) is 45.4 Å². The van der Waals surface area contributed by atoms with E-state index in [-0.39, 0.29) is 11.5 Å². The molecule has 2 fully saturated rings. The zero-order valence-electron chi connectivity index (χ0n) is 19.6. The fourth-order valence-corrected chi connectivity index (χ4v) is 4.36. The van der Waals surface area contributed by atoms with Crippen molar-refractivity contribution in [2.24, 2.45) is 4.99 Å². The molecule has 7 nitrogen and oxygen atoms in total. The van der Waals surface area contributed by atoms with Crippen molar-refractivity contribution in [1.29, 1.82) is 0 Å². The molecule has 0 unspecified atom stereocenters. The first-order chi connectivity index (χ1) is 14.6. The lowest BCUT2D eigenvalue weighted by molar-refractivity contribution is -0.122. The van der Waals surface area contributed by atoms with Gasteiger partial charge in [-0.15, -0.1) is 0 Å². The van der Waals surface area contributed by atoms with Gasteiger partial charge in [0, 0.05) is 38.8 Å². The van der Waals surface area contributed by atoms with Gasteiger partial charge in [-0.1, -0.05) is 33.1 Å². The van der Waals surface area contributed by atoms with E-state index in [4.69, 9.17) is 9.73 Å². The third-order valence-corrected chi connectivity index (χ3v) is 6.11. The fraction of sp³-hybridized carbons (Fsp3) is 0.913. The minimum Gasteiger partial charge on any atom is -0.373 e. The molecule has 1 saturated heterocycles. The number of guanidine groups is 1. The molecule has 0 atom stereocenters. The highest BCUT2D eigenvalue weighted by Gasteiger charge is 2.33. The van der Waals surface area contributed by atoms with Crippen LogP contribution in [0.2, 0.25) is 0 Å². The van der Waals surface area contributed by atoms with E-state index in [1.165, 1.54) is 19.3 Å². The number of nitrogens with one attached hydrogen (secondary N) is 3. The van der Waals surface area contributed by atoms with Gasteiger partial charge in [-0.2, -0.15) is 0 Å².